The minimum atomic E-state index is -1.10. The van der Waals surface area contributed by atoms with Crippen molar-refractivity contribution in [2.24, 2.45) is 0 Å². The zero-order valence-electron chi connectivity index (χ0n) is 13.1. The van der Waals surface area contributed by atoms with Gasteiger partial charge in [-0.25, -0.2) is 9.78 Å². The van der Waals surface area contributed by atoms with Crippen LogP contribution in [0, 0.1) is 0 Å². The van der Waals surface area contributed by atoms with E-state index >= 15 is 0 Å². The lowest BCUT2D eigenvalue weighted by Gasteiger charge is -2.09. The van der Waals surface area contributed by atoms with Gasteiger partial charge in [-0.2, -0.15) is 0 Å². The molecule has 126 valence electrons. The standard InChI is InChI=1S/C19H14ClNO4/c20-17-10-14(19(22)23)11-18(21-17)25-16-8-6-15(7-9-16)24-12-13-4-2-1-3-5-13/h1-11H,12H2,(H,22,23). The van der Waals surface area contributed by atoms with E-state index in [9.17, 15) is 4.79 Å². The molecule has 0 aliphatic rings. The highest BCUT2D eigenvalue weighted by Gasteiger charge is 2.09. The van der Waals surface area contributed by atoms with Crippen molar-refractivity contribution in [1.29, 1.82) is 0 Å². The highest BCUT2D eigenvalue weighted by atomic mass is 35.5. The molecule has 0 atom stereocenters. The van der Waals surface area contributed by atoms with Crippen LogP contribution < -0.4 is 9.47 Å². The van der Waals surface area contributed by atoms with Crippen LogP contribution in [0.3, 0.4) is 0 Å². The fourth-order valence-corrected chi connectivity index (χ4v) is 2.31. The lowest BCUT2D eigenvalue weighted by atomic mass is 10.2. The Labute approximate surface area is 149 Å². The van der Waals surface area contributed by atoms with Crippen molar-refractivity contribution in [2.75, 3.05) is 0 Å². The quantitative estimate of drug-likeness (QED) is 0.643. The number of aromatic nitrogens is 1. The van der Waals surface area contributed by atoms with Crippen molar-refractivity contribution in [2.45, 2.75) is 6.61 Å². The van der Waals surface area contributed by atoms with E-state index in [0.29, 0.717) is 18.1 Å². The Morgan fingerprint density at radius 2 is 1.68 bits per heavy atom. The zero-order chi connectivity index (χ0) is 17.6. The predicted molar refractivity (Wildman–Crippen MR) is 93.5 cm³/mol. The van der Waals surface area contributed by atoms with Crippen molar-refractivity contribution < 1.29 is 19.4 Å². The molecule has 0 bridgehead atoms. The fourth-order valence-electron chi connectivity index (χ4n) is 2.11. The van der Waals surface area contributed by atoms with Gasteiger partial charge in [0.05, 0.1) is 5.56 Å². The SMILES string of the molecule is O=C(O)c1cc(Cl)nc(Oc2ccc(OCc3ccccc3)cc2)c1. The van der Waals surface area contributed by atoms with Gasteiger partial charge in [-0.05, 0) is 35.9 Å². The van der Waals surface area contributed by atoms with Crippen LogP contribution >= 0.6 is 11.6 Å². The lowest BCUT2D eigenvalue weighted by Crippen LogP contribution is -1.99. The first-order chi connectivity index (χ1) is 12.1. The molecule has 0 fully saturated rings. The summed E-state index contributed by atoms with van der Waals surface area (Å²) < 4.78 is 11.3. The van der Waals surface area contributed by atoms with Crippen LogP contribution in [0.4, 0.5) is 0 Å². The summed E-state index contributed by atoms with van der Waals surface area (Å²) in [6, 6.07) is 19.4. The molecule has 1 aromatic heterocycles. The third-order valence-electron chi connectivity index (χ3n) is 3.31. The first kappa shape index (κ1) is 16.8. The van der Waals surface area contributed by atoms with E-state index in [-0.39, 0.29) is 16.6 Å². The summed E-state index contributed by atoms with van der Waals surface area (Å²) in [6.07, 6.45) is 0. The van der Waals surface area contributed by atoms with Crippen LogP contribution in [0.2, 0.25) is 5.15 Å². The van der Waals surface area contributed by atoms with E-state index in [1.165, 1.54) is 12.1 Å². The Bertz CT molecular complexity index is 866. The normalized spacial score (nSPS) is 10.3. The molecule has 0 spiro atoms. The van der Waals surface area contributed by atoms with Gasteiger partial charge in [0.25, 0.3) is 0 Å². The van der Waals surface area contributed by atoms with Crippen molar-refractivity contribution in [1.82, 2.24) is 4.98 Å². The summed E-state index contributed by atoms with van der Waals surface area (Å²) >= 11 is 5.81. The number of aromatic carboxylic acids is 1. The first-order valence-electron chi connectivity index (χ1n) is 7.46. The molecule has 1 N–H and O–H groups in total. The van der Waals surface area contributed by atoms with Crippen LogP contribution in [0.25, 0.3) is 0 Å². The van der Waals surface area contributed by atoms with E-state index in [1.807, 2.05) is 30.3 Å². The molecular weight excluding hydrogens is 342 g/mol. The molecule has 0 aliphatic carbocycles. The van der Waals surface area contributed by atoms with Crippen LogP contribution in [-0.4, -0.2) is 16.1 Å². The van der Waals surface area contributed by atoms with Crippen molar-refractivity contribution in [3.63, 3.8) is 0 Å². The number of carboxylic acids is 1. The van der Waals surface area contributed by atoms with Gasteiger partial charge in [-0.3, -0.25) is 0 Å². The van der Waals surface area contributed by atoms with Crippen molar-refractivity contribution in [3.8, 4) is 17.4 Å². The molecule has 6 heteroatoms. The van der Waals surface area contributed by atoms with E-state index in [2.05, 4.69) is 4.98 Å². The maximum atomic E-state index is 11.0. The molecule has 3 aromatic rings. The molecule has 2 aromatic carbocycles. The van der Waals surface area contributed by atoms with E-state index in [0.717, 1.165) is 5.56 Å². The van der Waals surface area contributed by atoms with E-state index < -0.39 is 5.97 Å². The average molecular weight is 356 g/mol. The van der Waals surface area contributed by atoms with Crippen LogP contribution in [0.5, 0.6) is 17.4 Å². The van der Waals surface area contributed by atoms with E-state index in [4.69, 9.17) is 26.2 Å². The molecule has 0 unspecified atom stereocenters. The third kappa shape index (κ3) is 4.71. The zero-order valence-corrected chi connectivity index (χ0v) is 13.8. The summed E-state index contributed by atoms with van der Waals surface area (Å²) in [7, 11) is 0. The highest BCUT2D eigenvalue weighted by molar-refractivity contribution is 6.29. The van der Waals surface area contributed by atoms with Crippen LogP contribution in [0.15, 0.2) is 66.7 Å². The predicted octanol–water partition coefficient (Wildman–Crippen LogP) is 4.80. The number of hydrogen-bond donors (Lipinski definition) is 1. The first-order valence-corrected chi connectivity index (χ1v) is 7.83. The topological polar surface area (TPSA) is 68.7 Å². The second kappa shape index (κ2) is 7.68. The largest absolute Gasteiger partial charge is 0.489 e. The van der Waals surface area contributed by atoms with Gasteiger partial charge in [0, 0.05) is 6.07 Å². The summed E-state index contributed by atoms with van der Waals surface area (Å²) in [5.74, 6) is 0.210. The van der Waals surface area contributed by atoms with Gasteiger partial charge in [-0.15, -0.1) is 0 Å². The monoisotopic (exact) mass is 355 g/mol. The second-order valence-corrected chi connectivity index (χ2v) is 5.56. The lowest BCUT2D eigenvalue weighted by molar-refractivity contribution is 0.0696. The second-order valence-electron chi connectivity index (χ2n) is 5.17. The summed E-state index contributed by atoms with van der Waals surface area (Å²) in [5, 5.41) is 9.08. The summed E-state index contributed by atoms with van der Waals surface area (Å²) in [6.45, 7) is 0.471. The average Bonchev–Trinajstić information content (AvgIpc) is 2.61. The van der Waals surface area contributed by atoms with Gasteiger partial charge in [-0.1, -0.05) is 41.9 Å². The molecule has 3 rings (SSSR count). The Kier molecular flexibility index (Phi) is 5.16. The maximum absolute atomic E-state index is 11.0. The number of rotatable bonds is 6. The molecule has 1 heterocycles. The Balaban J connectivity index is 1.65. The molecule has 0 radical (unpaired) electrons. The Morgan fingerprint density at radius 3 is 2.36 bits per heavy atom. The van der Waals surface area contributed by atoms with Gasteiger partial charge in [0.1, 0.15) is 23.3 Å². The van der Waals surface area contributed by atoms with Crippen LogP contribution in [0.1, 0.15) is 15.9 Å². The summed E-state index contributed by atoms with van der Waals surface area (Å²) in [4.78, 5) is 15.0. The van der Waals surface area contributed by atoms with Crippen molar-refractivity contribution >= 4 is 17.6 Å². The number of hydrogen-bond acceptors (Lipinski definition) is 4. The Hall–Kier alpha value is -3.05. The van der Waals surface area contributed by atoms with Gasteiger partial charge in [0.2, 0.25) is 5.88 Å². The van der Waals surface area contributed by atoms with E-state index in [1.54, 1.807) is 24.3 Å². The highest BCUT2D eigenvalue weighted by Crippen LogP contribution is 2.25. The smallest absolute Gasteiger partial charge is 0.335 e. The number of carbonyl (C=O) groups is 1. The molecule has 0 aliphatic heterocycles. The molecule has 0 saturated heterocycles. The molecule has 0 saturated carbocycles. The number of halogens is 1. The third-order valence-corrected chi connectivity index (χ3v) is 3.51. The number of carboxylic acid groups (broad SMARTS) is 1. The number of benzene rings is 2. The Morgan fingerprint density at radius 1 is 1.00 bits per heavy atom. The number of pyridine rings is 1. The number of nitrogens with zero attached hydrogens (tertiary/aromatic N) is 1. The fraction of sp³-hybridized carbons (Fsp3) is 0.0526. The van der Waals surface area contributed by atoms with Gasteiger partial charge < -0.3 is 14.6 Å². The van der Waals surface area contributed by atoms with Crippen molar-refractivity contribution in [3.05, 3.63) is 83.0 Å². The minimum absolute atomic E-state index is 0.0119. The number of ether oxygens (including phenoxy) is 2. The summed E-state index contributed by atoms with van der Waals surface area (Å²) in [5.41, 5.74) is 1.09. The molecule has 5 nitrogen and oxygen atoms in total. The molecule has 0 amide bonds. The molecule has 25 heavy (non-hydrogen) atoms. The maximum Gasteiger partial charge on any atom is 0.335 e. The minimum Gasteiger partial charge on any atom is -0.489 e. The van der Waals surface area contributed by atoms with Crippen LogP contribution in [-0.2, 0) is 6.61 Å². The molecular formula is C19H14ClNO4. The van der Waals surface area contributed by atoms with Gasteiger partial charge in [0.15, 0.2) is 0 Å². The van der Waals surface area contributed by atoms with Gasteiger partial charge >= 0.3 is 5.97 Å².